The van der Waals surface area contributed by atoms with E-state index in [1.165, 1.54) is 51.7 Å². The Morgan fingerprint density at radius 2 is 1.94 bits per heavy atom. The van der Waals surface area contributed by atoms with Gasteiger partial charge in [0, 0.05) is 6.04 Å². The van der Waals surface area contributed by atoms with Gasteiger partial charge in [-0.2, -0.15) is 0 Å². The molecule has 2 N–H and O–H groups in total. The van der Waals surface area contributed by atoms with Crippen LogP contribution in [0.25, 0.3) is 0 Å². The molecule has 18 heavy (non-hydrogen) atoms. The minimum atomic E-state index is 0.416. The lowest BCUT2D eigenvalue weighted by Gasteiger charge is -2.29. The molecule has 2 heteroatoms. The molecule has 0 bridgehead atoms. The third-order valence-electron chi connectivity index (χ3n) is 4.62. The molecule has 0 saturated carbocycles. The van der Waals surface area contributed by atoms with Gasteiger partial charge in [-0.1, -0.05) is 27.7 Å². The van der Waals surface area contributed by atoms with Gasteiger partial charge in [0.15, 0.2) is 0 Å². The highest BCUT2D eigenvalue weighted by Crippen LogP contribution is 2.34. The van der Waals surface area contributed by atoms with Crippen LogP contribution in [0.3, 0.4) is 0 Å². The van der Waals surface area contributed by atoms with Crippen LogP contribution in [-0.4, -0.2) is 30.6 Å². The monoisotopic (exact) mass is 254 g/mol. The SMILES string of the molecule is CCC(N)CCCN1CCCC(C(C)(C)C)CC1. The lowest BCUT2D eigenvalue weighted by molar-refractivity contribution is 0.207. The first-order valence-electron chi connectivity index (χ1n) is 7.91. The lowest BCUT2D eigenvalue weighted by Crippen LogP contribution is -2.28. The molecule has 2 nitrogen and oxygen atoms in total. The highest BCUT2D eigenvalue weighted by molar-refractivity contribution is 4.78. The van der Waals surface area contributed by atoms with Crippen molar-refractivity contribution in [2.24, 2.45) is 17.1 Å². The molecule has 0 amide bonds. The van der Waals surface area contributed by atoms with Crippen molar-refractivity contribution < 1.29 is 0 Å². The summed E-state index contributed by atoms with van der Waals surface area (Å²) in [5, 5.41) is 0. The molecule has 1 heterocycles. The maximum absolute atomic E-state index is 5.98. The Hall–Kier alpha value is -0.0800. The van der Waals surface area contributed by atoms with Crippen LogP contribution in [0.15, 0.2) is 0 Å². The minimum absolute atomic E-state index is 0.416. The molecule has 1 aliphatic heterocycles. The van der Waals surface area contributed by atoms with E-state index in [0.29, 0.717) is 11.5 Å². The maximum atomic E-state index is 5.98. The molecule has 0 spiro atoms. The van der Waals surface area contributed by atoms with E-state index in [4.69, 9.17) is 5.73 Å². The number of nitrogens with two attached hydrogens (primary N) is 1. The van der Waals surface area contributed by atoms with Gasteiger partial charge in [-0.15, -0.1) is 0 Å². The van der Waals surface area contributed by atoms with Crippen LogP contribution in [0.1, 0.15) is 66.2 Å². The smallest absolute Gasteiger partial charge is 0.00366 e. The standard InChI is InChI=1S/C16H34N2/c1-5-15(17)9-7-12-18-11-6-8-14(10-13-18)16(2,3)4/h14-15H,5-13,17H2,1-4H3. The van der Waals surface area contributed by atoms with E-state index < -0.39 is 0 Å². The van der Waals surface area contributed by atoms with Crippen LogP contribution < -0.4 is 5.73 Å². The minimum Gasteiger partial charge on any atom is -0.328 e. The van der Waals surface area contributed by atoms with Crippen LogP contribution >= 0.6 is 0 Å². The van der Waals surface area contributed by atoms with Crippen LogP contribution in [0.4, 0.5) is 0 Å². The van der Waals surface area contributed by atoms with Gasteiger partial charge in [0.1, 0.15) is 0 Å². The van der Waals surface area contributed by atoms with Gasteiger partial charge < -0.3 is 10.6 Å². The number of rotatable bonds is 5. The third kappa shape index (κ3) is 5.71. The van der Waals surface area contributed by atoms with E-state index in [1.807, 2.05) is 0 Å². The molecular weight excluding hydrogens is 220 g/mol. The normalized spacial score (nSPS) is 24.8. The Morgan fingerprint density at radius 1 is 1.22 bits per heavy atom. The molecule has 1 aliphatic rings. The Bertz CT molecular complexity index is 220. The Kier molecular flexibility index (Phi) is 6.65. The molecule has 0 aromatic heterocycles. The zero-order chi connectivity index (χ0) is 13.6. The van der Waals surface area contributed by atoms with Crippen molar-refractivity contribution >= 4 is 0 Å². The number of hydrogen-bond donors (Lipinski definition) is 1. The van der Waals surface area contributed by atoms with E-state index >= 15 is 0 Å². The third-order valence-corrected chi connectivity index (χ3v) is 4.62. The Balaban J connectivity index is 2.25. The second kappa shape index (κ2) is 7.49. The molecule has 1 saturated heterocycles. The zero-order valence-electron chi connectivity index (χ0n) is 13.0. The Labute approximate surface area is 114 Å². The van der Waals surface area contributed by atoms with E-state index in [9.17, 15) is 0 Å². The van der Waals surface area contributed by atoms with Crippen molar-refractivity contribution in [3.8, 4) is 0 Å². The van der Waals surface area contributed by atoms with Crippen LogP contribution in [0, 0.1) is 11.3 Å². The molecule has 0 aromatic carbocycles. The van der Waals surface area contributed by atoms with Gasteiger partial charge in [-0.25, -0.2) is 0 Å². The molecule has 108 valence electrons. The van der Waals surface area contributed by atoms with E-state index in [1.54, 1.807) is 0 Å². The average molecular weight is 254 g/mol. The summed E-state index contributed by atoms with van der Waals surface area (Å²) in [5.74, 6) is 0.903. The first kappa shape index (κ1) is 16.0. The molecule has 0 aliphatic carbocycles. The largest absolute Gasteiger partial charge is 0.328 e. The van der Waals surface area contributed by atoms with Crippen molar-refractivity contribution in [3.63, 3.8) is 0 Å². The van der Waals surface area contributed by atoms with Crippen molar-refractivity contribution in [1.82, 2.24) is 4.90 Å². The molecule has 0 radical (unpaired) electrons. The summed E-state index contributed by atoms with van der Waals surface area (Å²) >= 11 is 0. The second-order valence-corrected chi connectivity index (χ2v) is 7.15. The van der Waals surface area contributed by atoms with Gasteiger partial charge in [0.05, 0.1) is 0 Å². The maximum Gasteiger partial charge on any atom is 0.00366 e. The molecule has 1 rings (SSSR count). The topological polar surface area (TPSA) is 29.3 Å². The fourth-order valence-corrected chi connectivity index (χ4v) is 3.03. The summed E-state index contributed by atoms with van der Waals surface area (Å²) in [6.07, 6.45) is 7.75. The summed E-state index contributed by atoms with van der Waals surface area (Å²) in [7, 11) is 0. The summed E-state index contributed by atoms with van der Waals surface area (Å²) in [6, 6.07) is 0.416. The van der Waals surface area contributed by atoms with Crippen molar-refractivity contribution in [1.29, 1.82) is 0 Å². The second-order valence-electron chi connectivity index (χ2n) is 7.15. The quantitative estimate of drug-likeness (QED) is 0.811. The van der Waals surface area contributed by atoms with Gasteiger partial charge in [-0.3, -0.25) is 0 Å². The van der Waals surface area contributed by atoms with Crippen LogP contribution in [-0.2, 0) is 0 Å². The number of likely N-dealkylation sites (tertiary alicyclic amines) is 1. The predicted octanol–water partition coefficient (Wildman–Crippen LogP) is 3.65. The predicted molar refractivity (Wildman–Crippen MR) is 80.7 cm³/mol. The summed E-state index contributed by atoms with van der Waals surface area (Å²) < 4.78 is 0. The first-order valence-corrected chi connectivity index (χ1v) is 7.91. The van der Waals surface area contributed by atoms with Gasteiger partial charge in [0.2, 0.25) is 0 Å². The summed E-state index contributed by atoms with van der Waals surface area (Å²) in [6.45, 7) is 13.2. The van der Waals surface area contributed by atoms with Gasteiger partial charge in [-0.05, 0) is 69.5 Å². The molecule has 2 unspecified atom stereocenters. The number of nitrogens with zero attached hydrogens (tertiary/aromatic N) is 1. The average Bonchev–Trinajstić information content (AvgIpc) is 2.53. The Morgan fingerprint density at radius 3 is 2.56 bits per heavy atom. The molecule has 1 fully saturated rings. The van der Waals surface area contributed by atoms with Gasteiger partial charge >= 0.3 is 0 Å². The fourth-order valence-electron chi connectivity index (χ4n) is 3.03. The van der Waals surface area contributed by atoms with Crippen LogP contribution in [0.5, 0.6) is 0 Å². The van der Waals surface area contributed by atoms with E-state index in [2.05, 4.69) is 32.6 Å². The highest BCUT2D eigenvalue weighted by Gasteiger charge is 2.26. The number of hydrogen-bond acceptors (Lipinski definition) is 2. The molecule has 0 aromatic rings. The lowest BCUT2D eigenvalue weighted by atomic mass is 9.77. The van der Waals surface area contributed by atoms with Crippen molar-refractivity contribution in [3.05, 3.63) is 0 Å². The van der Waals surface area contributed by atoms with Gasteiger partial charge in [0.25, 0.3) is 0 Å². The molecule has 2 atom stereocenters. The van der Waals surface area contributed by atoms with Crippen LogP contribution in [0.2, 0.25) is 0 Å². The van der Waals surface area contributed by atoms with Crippen molar-refractivity contribution in [2.75, 3.05) is 19.6 Å². The highest BCUT2D eigenvalue weighted by atomic mass is 15.1. The molecular formula is C16H34N2. The van der Waals surface area contributed by atoms with E-state index in [0.717, 1.165) is 12.3 Å². The summed E-state index contributed by atoms with van der Waals surface area (Å²) in [5.41, 5.74) is 6.47. The fraction of sp³-hybridized carbons (Fsp3) is 1.00. The van der Waals surface area contributed by atoms with Crippen molar-refractivity contribution in [2.45, 2.75) is 72.3 Å². The summed E-state index contributed by atoms with van der Waals surface area (Å²) in [4.78, 5) is 2.66. The zero-order valence-corrected chi connectivity index (χ0v) is 13.0. The first-order chi connectivity index (χ1) is 8.43. The van der Waals surface area contributed by atoms with E-state index in [-0.39, 0.29) is 0 Å².